The Balaban J connectivity index is 1.58. The number of aliphatic imine (C=N–C) groups is 1. The van der Waals surface area contributed by atoms with Crippen LogP contribution in [0.15, 0.2) is 88.5 Å². The van der Waals surface area contributed by atoms with Crippen LogP contribution in [0.2, 0.25) is 39.3 Å². The third-order valence-electron chi connectivity index (χ3n) is 12.9. The lowest BCUT2D eigenvalue weighted by atomic mass is 9.48. The van der Waals surface area contributed by atoms with E-state index in [9.17, 15) is 24.3 Å². The van der Waals surface area contributed by atoms with Crippen molar-refractivity contribution in [2.75, 3.05) is 6.61 Å². The number of ketones is 1. The van der Waals surface area contributed by atoms with Crippen LogP contribution in [0.5, 0.6) is 0 Å². The molecule has 3 aliphatic carbocycles. The minimum absolute atomic E-state index is 0.107. The molecule has 16 heteroatoms. The minimum Gasteiger partial charge on any atom is -0.456 e. The number of carbonyl (C=O) groups excluding carboxylic acids is 5. The van der Waals surface area contributed by atoms with Crippen LogP contribution in [-0.2, 0) is 51.7 Å². The van der Waals surface area contributed by atoms with E-state index in [0.29, 0.717) is 11.1 Å². The van der Waals surface area contributed by atoms with E-state index in [1.807, 2.05) is 89.5 Å². The number of Topliss-reactive ketones (excluding diaryl/α,β-unsaturated/α-hetero) is 1. The Morgan fingerprint density at radius 1 is 0.892 bits per heavy atom. The number of esters is 4. The number of rotatable bonds is 14. The number of carbonyl (C=O) groups is 5. The van der Waals surface area contributed by atoms with E-state index in [2.05, 4.69) is 0 Å². The van der Waals surface area contributed by atoms with Gasteiger partial charge >= 0.3 is 23.9 Å². The molecule has 2 aromatic rings. The molecule has 0 spiro atoms. The molecule has 1 saturated heterocycles. The van der Waals surface area contributed by atoms with Gasteiger partial charge < -0.3 is 37.6 Å². The minimum atomic E-state index is -2.53. The SMILES string of the molecule is C/C=C(\C)C=N[C@@H](c1ccccc1)[C@@H](O[Si](C)(C)C)C(=O)O[C@H]1C[C@]2(O)CC(=C1C)[C@@H](OC(C)=O)C(=O)[C@@]1(C)C([C@@H]2OC(=O)c2ccccc2)[C@]2(OC(C)=O)CO[C@@H]2C[C@@H]1O[Si](C)(C)C. The molecule has 11 atom stereocenters. The summed E-state index contributed by atoms with van der Waals surface area (Å²) >= 11 is 0. The van der Waals surface area contributed by atoms with Gasteiger partial charge in [-0.3, -0.25) is 19.4 Å². The van der Waals surface area contributed by atoms with Gasteiger partial charge in [0, 0.05) is 39.3 Å². The molecule has 352 valence electrons. The Labute approximate surface area is 384 Å². The van der Waals surface area contributed by atoms with Crippen LogP contribution >= 0.6 is 0 Å². The van der Waals surface area contributed by atoms with Gasteiger partial charge in [-0.15, -0.1) is 0 Å². The summed E-state index contributed by atoms with van der Waals surface area (Å²) in [5, 5.41) is 13.6. The predicted octanol–water partition coefficient (Wildman–Crippen LogP) is 7.43. The Kier molecular flexibility index (Phi) is 14.5. The van der Waals surface area contributed by atoms with Crippen molar-refractivity contribution in [2.24, 2.45) is 16.3 Å². The average Bonchev–Trinajstić information content (AvgIpc) is 3.22. The van der Waals surface area contributed by atoms with Gasteiger partial charge in [0.25, 0.3) is 0 Å². The number of fused-ring (bicyclic) bond motifs is 5. The van der Waals surface area contributed by atoms with Gasteiger partial charge in [0.2, 0.25) is 0 Å². The number of aliphatic hydroxyl groups is 1. The summed E-state index contributed by atoms with van der Waals surface area (Å²) in [7, 11) is -5.06. The quantitative estimate of drug-likeness (QED) is 0.0650. The Morgan fingerprint density at radius 2 is 1.52 bits per heavy atom. The number of benzene rings is 2. The number of allylic oxidation sites excluding steroid dienone is 2. The second-order valence-corrected chi connectivity index (χ2v) is 29.0. The lowest BCUT2D eigenvalue weighted by Gasteiger charge is -2.66. The van der Waals surface area contributed by atoms with E-state index in [0.717, 1.165) is 5.57 Å². The topological polar surface area (TPSA) is 183 Å². The lowest BCUT2D eigenvalue weighted by Crippen LogP contribution is -2.80. The number of nitrogens with zero attached hydrogens (tertiary/aromatic N) is 1. The molecule has 0 aromatic heterocycles. The summed E-state index contributed by atoms with van der Waals surface area (Å²) < 4.78 is 45.0. The maximum Gasteiger partial charge on any atom is 0.338 e. The highest BCUT2D eigenvalue weighted by Crippen LogP contribution is 2.62. The molecule has 65 heavy (non-hydrogen) atoms. The monoisotopic (exact) mass is 931 g/mol. The molecule has 1 aliphatic heterocycles. The second-order valence-electron chi connectivity index (χ2n) is 20.0. The molecule has 1 heterocycles. The molecule has 2 bridgehead atoms. The molecular formula is C49H65NO13Si2. The maximum absolute atomic E-state index is 15.9. The Hall–Kier alpha value is -4.59. The number of ether oxygens (including phenoxy) is 5. The van der Waals surface area contributed by atoms with Gasteiger partial charge in [0.15, 0.2) is 40.2 Å². The average molecular weight is 932 g/mol. The Morgan fingerprint density at radius 3 is 2.06 bits per heavy atom. The van der Waals surface area contributed by atoms with Crippen LogP contribution in [-0.4, -0.2) is 112 Å². The summed E-state index contributed by atoms with van der Waals surface area (Å²) in [5.41, 5.74) is -3.25. The van der Waals surface area contributed by atoms with Crippen molar-refractivity contribution in [2.45, 2.75) is 154 Å². The maximum atomic E-state index is 15.9. The van der Waals surface area contributed by atoms with Gasteiger partial charge in [-0.05, 0) is 101 Å². The highest BCUT2D eigenvalue weighted by Gasteiger charge is 2.76. The summed E-state index contributed by atoms with van der Waals surface area (Å²) in [4.78, 5) is 76.6. The standard InChI is InChI=1S/C49H65NO13Si2/c1-13-29(2)27-50-39(33-20-16-14-17-21-33)41(63-65(10,11)12)46(55)59-36-26-48(56)25-35(30(36)3)40(58-31(4)51)43(53)47(6)37(62-64(7,8)9)24-38-49(28-57-38,61-32(5)52)42(47)44(48)60-45(54)34-22-18-15-19-23-34/h13-23,27,36-42,44,56H,24-26,28H2,1-12H3/b29-13+,50-27?/t36-,37-,38+,39-,40+,41+,42?,44-,47+,48+,49-/m0/s1. The van der Waals surface area contributed by atoms with Crippen molar-refractivity contribution in [3.63, 3.8) is 0 Å². The molecule has 0 amide bonds. The van der Waals surface area contributed by atoms with Crippen molar-refractivity contribution in [3.8, 4) is 0 Å². The largest absolute Gasteiger partial charge is 0.456 e. The van der Waals surface area contributed by atoms with E-state index in [-0.39, 0.29) is 37.0 Å². The van der Waals surface area contributed by atoms with Crippen LogP contribution < -0.4 is 0 Å². The van der Waals surface area contributed by atoms with Crippen LogP contribution in [0.1, 0.15) is 82.8 Å². The molecule has 3 fully saturated rings. The van der Waals surface area contributed by atoms with E-state index in [1.54, 1.807) is 50.4 Å². The zero-order valence-electron chi connectivity index (χ0n) is 39.7. The van der Waals surface area contributed by atoms with Crippen LogP contribution in [0.25, 0.3) is 0 Å². The van der Waals surface area contributed by atoms with Crippen LogP contribution in [0, 0.1) is 11.3 Å². The fraction of sp³-hybridized carbons (Fsp3) is 0.551. The number of hydrogen-bond acceptors (Lipinski definition) is 14. The van der Waals surface area contributed by atoms with Crippen molar-refractivity contribution >= 4 is 52.5 Å². The van der Waals surface area contributed by atoms with Crippen LogP contribution in [0.4, 0.5) is 0 Å². The van der Waals surface area contributed by atoms with Gasteiger partial charge in [0.1, 0.15) is 30.0 Å². The first-order valence-corrected chi connectivity index (χ1v) is 29.1. The highest BCUT2D eigenvalue weighted by atomic mass is 28.4. The highest BCUT2D eigenvalue weighted by molar-refractivity contribution is 6.70. The van der Waals surface area contributed by atoms with Crippen molar-refractivity contribution in [1.29, 1.82) is 0 Å². The fourth-order valence-corrected chi connectivity index (χ4v) is 12.1. The molecule has 4 aliphatic rings. The first-order valence-electron chi connectivity index (χ1n) is 22.3. The van der Waals surface area contributed by atoms with E-state index in [1.165, 1.54) is 13.8 Å². The summed E-state index contributed by atoms with van der Waals surface area (Å²) in [6.07, 6.45) is -4.54. The van der Waals surface area contributed by atoms with Gasteiger partial charge in [0.05, 0.1) is 29.6 Å². The smallest absolute Gasteiger partial charge is 0.338 e. The third kappa shape index (κ3) is 10.4. The lowest BCUT2D eigenvalue weighted by molar-refractivity contribution is -0.339. The van der Waals surface area contributed by atoms with Gasteiger partial charge in [-0.1, -0.05) is 54.6 Å². The molecule has 6 rings (SSSR count). The van der Waals surface area contributed by atoms with Crippen molar-refractivity contribution in [1.82, 2.24) is 0 Å². The molecule has 14 nitrogen and oxygen atoms in total. The van der Waals surface area contributed by atoms with Gasteiger partial charge in [-0.25, -0.2) is 9.59 Å². The molecule has 1 unspecified atom stereocenters. The van der Waals surface area contributed by atoms with Gasteiger partial charge in [-0.2, -0.15) is 0 Å². The molecular weight excluding hydrogens is 867 g/mol. The van der Waals surface area contributed by atoms with E-state index >= 15 is 4.79 Å². The summed E-state index contributed by atoms with van der Waals surface area (Å²) in [5.74, 6) is -5.01. The number of hydrogen-bond donors (Lipinski definition) is 1. The molecule has 2 aromatic carbocycles. The fourth-order valence-electron chi connectivity index (χ4n) is 9.91. The zero-order chi connectivity index (χ0) is 47.9. The predicted molar refractivity (Wildman–Crippen MR) is 247 cm³/mol. The first-order chi connectivity index (χ1) is 30.3. The van der Waals surface area contributed by atoms with Crippen LogP contribution in [0.3, 0.4) is 0 Å². The summed E-state index contributed by atoms with van der Waals surface area (Å²) in [6.45, 7) is 21.1. The Bertz CT molecular complexity index is 2230. The first kappa shape index (κ1) is 49.8. The molecule has 1 N–H and O–H groups in total. The van der Waals surface area contributed by atoms with E-state index < -0.39 is 111 Å². The summed E-state index contributed by atoms with van der Waals surface area (Å²) in [6, 6.07) is 16.6. The molecule has 0 radical (unpaired) electrons. The molecule has 2 saturated carbocycles. The normalized spacial score (nSPS) is 31.3. The zero-order valence-corrected chi connectivity index (χ0v) is 41.7. The van der Waals surface area contributed by atoms with Crippen molar-refractivity contribution in [3.05, 3.63) is 94.6 Å². The third-order valence-corrected chi connectivity index (χ3v) is 14.9. The van der Waals surface area contributed by atoms with E-state index in [4.69, 9.17) is 37.5 Å². The second kappa shape index (κ2) is 19.0. The van der Waals surface area contributed by atoms with Crippen molar-refractivity contribution < 1.29 is 61.6 Å².